The van der Waals surface area contributed by atoms with Crippen LogP contribution in [0.2, 0.25) is 0 Å². The molecule has 0 spiro atoms. The van der Waals surface area contributed by atoms with Gasteiger partial charge >= 0.3 is 0 Å². The van der Waals surface area contributed by atoms with Crippen LogP contribution in [0.3, 0.4) is 0 Å². The zero-order valence-corrected chi connectivity index (χ0v) is 15.2. The van der Waals surface area contributed by atoms with Crippen LogP contribution in [0.5, 0.6) is 5.75 Å². The minimum atomic E-state index is 0.200. The van der Waals surface area contributed by atoms with Gasteiger partial charge in [-0.2, -0.15) is 0 Å². The van der Waals surface area contributed by atoms with E-state index in [1.807, 2.05) is 36.4 Å². The summed E-state index contributed by atoms with van der Waals surface area (Å²) in [5.41, 5.74) is 12.9. The molecule has 2 aromatic carbocycles. The van der Waals surface area contributed by atoms with E-state index in [4.69, 9.17) is 20.9 Å². The van der Waals surface area contributed by atoms with E-state index in [9.17, 15) is 0 Å². The number of nitrogens with one attached hydrogen (secondary N) is 1. The average Bonchev–Trinajstić information content (AvgIpc) is 2.64. The summed E-state index contributed by atoms with van der Waals surface area (Å²) in [6.07, 6.45) is 0.200. The molecule has 25 heavy (non-hydrogen) atoms. The minimum Gasteiger partial charge on any atom is -0.492 e. The van der Waals surface area contributed by atoms with E-state index in [0.717, 1.165) is 35.2 Å². The first-order chi connectivity index (χ1) is 12.1. The van der Waals surface area contributed by atoms with Gasteiger partial charge in [0, 0.05) is 23.9 Å². The largest absolute Gasteiger partial charge is 0.492 e. The van der Waals surface area contributed by atoms with Gasteiger partial charge in [0.2, 0.25) is 0 Å². The molecule has 5 N–H and O–H groups in total. The standard InChI is InChI=1S/C19H25N3O2S/c1-13(18-11-22-8-9-23-18)12-24-17-4-2-3-5-19(17)25-14-6-7-15(20)16(21)10-14/h2-7,10,13,18,22H,8-9,11-12,20-21H2,1H3. The van der Waals surface area contributed by atoms with E-state index in [1.165, 1.54) is 0 Å². The van der Waals surface area contributed by atoms with Crippen LogP contribution in [-0.4, -0.2) is 32.4 Å². The van der Waals surface area contributed by atoms with E-state index < -0.39 is 0 Å². The van der Waals surface area contributed by atoms with Gasteiger partial charge in [0.25, 0.3) is 0 Å². The van der Waals surface area contributed by atoms with Gasteiger partial charge in [0.05, 0.1) is 35.6 Å². The lowest BCUT2D eigenvalue weighted by molar-refractivity contribution is -0.0161. The molecule has 134 valence electrons. The fourth-order valence-corrected chi connectivity index (χ4v) is 3.63. The molecule has 1 aliphatic heterocycles. The molecule has 0 bridgehead atoms. The maximum atomic E-state index is 6.09. The molecule has 0 amide bonds. The number of ether oxygens (including phenoxy) is 2. The third-order valence-corrected chi connectivity index (χ3v) is 5.27. The van der Waals surface area contributed by atoms with Crippen molar-refractivity contribution in [1.29, 1.82) is 0 Å². The Hall–Kier alpha value is -1.89. The maximum absolute atomic E-state index is 6.09. The highest BCUT2D eigenvalue weighted by atomic mass is 32.2. The SMILES string of the molecule is CC(COc1ccccc1Sc1ccc(N)c(N)c1)C1CNCCO1. The number of benzene rings is 2. The summed E-state index contributed by atoms with van der Waals surface area (Å²) in [7, 11) is 0. The van der Waals surface area contributed by atoms with Gasteiger partial charge in [-0.15, -0.1) is 0 Å². The van der Waals surface area contributed by atoms with Crippen LogP contribution in [-0.2, 0) is 4.74 Å². The first-order valence-corrected chi connectivity index (χ1v) is 9.32. The summed E-state index contributed by atoms with van der Waals surface area (Å²) in [6, 6.07) is 13.7. The Labute approximate surface area is 153 Å². The molecule has 0 saturated carbocycles. The van der Waals surface area contributed by atoms with Crippen molar-refractivity contribution in [2.45, 2.75) is 22.8 Å². The second kappa shape index (κ2) is 8.47. The highest BCUT2D eigenvalue weighted by Gasteiger charge is 2.21. The fourth-order valence-electron chi connectivity index (χ4n) is 2.68. The molecule has 1 aliphatic rings. The Morgan fingerprint density at radius 2 is 2.08 bits per heavy atom. The van der Waals surface area contributed by atoms with Gasteiger partial charge in [-0.3, -0.25) is 0 Å². The number of rotatable bonds is 6. The molecule has 6 heteroatoms. The lowest BCUT2D eigenvalue weighted by Gasteiger charge is -2.28. The predicted octanol–water partition coefficient (Wildman–Crippen LogP) is 3.01. The van der Waals surface area contributed by atoms with Crippen LogP contribution in [0.4, 0.5) is 11.4 Å². The molecule has 2 unspecified atom stereocenters. The van der Waals surface area contributed by atoms with E-state index in [2.05, 4.69) is 18.3 Å². The number of hydrogen-bond acceptors (Lipinski definition) is 6. The van der Waals surface area contributed by atoms with E-state index in [-0.39, 0.29) is 6.10 Å². The molecule has 1 heterocycles. The minimum absolute atomic E-state index is 0.200. The van der Waals surface area contributed by atoms with Crippen molar-refractivity contribution >= 4 is 23.1 Å². The highest BCUT2D eigenvalue weighted by molar-refractivity contribution is 7.99. The Kier molecular flexibility index (Phi) is 6.07. The summed E-state index contributed by atoms with van der Waals surface area (Å²) in [4.78, 5) is 2.09. The van der Waals surface area contributed by atoms with Crippen LogP contribution in [0.15, 0.2) is 52.3 Å². The van der Waals surface area contributed by atoms with Gasteiger partial charge in [0.1, 0.15) is 5.75 Å². The van der Waals surface area contributed by atoms with Crippen molar-refractivity contribution in [3.05, 3.63) is 42.5 Å². The molecule has 5 nitrogen and oxygen atoms in total. The topological polar surface area (TPSA) is 82.5 Å². The first kappa shape index (κ1) is 17.9. The second-order valence-electron chi connectivity index (χ2n) is 6.24. The molecular formula is C19H25N3O2S. The Balaban J connectivity index is 1.65. The zero-order chi connectivity index (χ0) is 17.6. The fraction of sp³-hybridized carbons (Fsp3) is 0.368. The molecular weight excluding hydrogens is 334 g/mol. The third kappa shape index (κ3) is 4.81. The lowest BCUT2D eigenvalue weighted by atomic mass is 10.1. The summed E-state index contributed by atoms with van der Waals surface area (Å²) in [5.74, 6) is 1.19. The summed E-state index contributed by atoms with van der Waals surface area (Å²) in [5, 5.41) is 3.36. The third-order valence-electron chi connectivity index (χ3n) is 4.23. The Morgan fingerprint density at radius 1 is 1.24 bits per heavy atom. The van der Waals surface area contributed by atoms with Crippen LogP contribution in [0, 0.1) is 5.92 Å². The number of nitrogens with two attached hydrogens (primary N) is 2. The van der Waals surface area contributed by atoms with Crippen molar-refractivity contribution < 1.29 is 9.47 Å². The van der Waals surface area contributed by atoms with Crippen molar-refractivity contribution in [3.63, 3.8) is 0 Å². The molecule has 3 rings (SSSR count). The van der Waals surface area contributed by atoms with Crippen molar-refractivity contribution in [2.24, 2.45) is 5.92 Å². The number of anilines is 2. The summed E-state index contributed by atoms with van der Waals surface area (Å²) < 4.78 is 11.9. The lowest BCUT2D eigenvalue weighted by Crippen LogP contribution is -2.43. The highest BCUT2D eigenvalue weighted by Crippen LogP contribution is 2.36. The van der Waals surface area contributed by atoms with Crippen LogP contribution in [0.1, 0.15) is 6.92 Å². The number of hydrogen-bond donors (Lipinski definition) is 3. The van der Waals surface area contributed by atoms with Gasteiger partial charge in [-0.05, 0) is 30.3 Å². The number of morpholine rings is 1. The molecule has 2 atom stereocenters. The smallest absolute Gasteiger partial charge is 0.133 e. The molecule has 0 radical (unpaired) electrons. The molecule has 1 fully saturated rings. The van der Waals surface area contributed by atoms with E-state index in [1.54, 1.807) is 11.8 Å². The van der Waals surface area contributed by atoms with E-state index >= 15 is 0 Å². The number of nitrogen functional groups attached to an aromatic ring is 2. The Morgan fingerprint density at radius 3 is 2.84 bits per heavy atom. The first-order valence-electron chi connectivity index (χ1n) is 8.50. The van der Waals surface area contributed by atoms with Crippen molar-refractivity contribution in [3.8, 4) is 5.75 Å². The summed E-state index contributed by atoms with van der Waals surface area (Å²) >= 11 is 1.62. The number of para-hydroxylation sites is 1. The molecule has 0 aliphatic carbocycles. The van der Waals surface area contributed by atoms with Crippen molar-refractivity contribution in [2.75, 3.05) is 37.8 Å². The van der Waals surface area contributed by atoms with Crippen molar-refractivity contribution in [1.82, 2.24) is 5.32 Å². The monoisotopic (exact) mass is 359 g/mol. The maximum Gasteiger partial charge on any atom is 0.133 e. The average molecular weight is 359 g/mol. The molecule has 0 aromatic heterocycles. The van der Waals surface area contributed by atoms with Crippen LogP contribution >= 0.6 is 11.8 Å². The molecule has 2 aromatic rings. The van der Waals surface area contributed by atoms with E-state index in [0.29, 0.717) is 23.9 Å². The Bertz CT molecular complexity index is 705. The zero-order valence-electron chi connectivity index (χ0n) is 14.4. The van der Waals surface area contributed by atoms with Crippen LogP contribution in [0.25, 0.3) is 0 Å². The quantitative estimate of drug-likeness (QED) is 0.688. The molecule has 1 saturated heterocycles. The second-order valence-corrected chi connectivity index (χ2v) is 7.36. The van der Waals surface area contributed by atoms with Gasteiger partial charge in [0.15, 0.2) is 0 Å². The van der Waals surface area contributed by atoms with Gasteiger partial charge in [-0.1, -0.05) is 30.8 Å². The summed E-state index contributed by atoms with van der Waals surface area (Å²) in [6.45, 7) is 5.35. The van der Waals surface area contributed by atoms with Gasteiger partial charge in [-0.25, -0.2) is 0 Å². The van der Waals surface area contributed by atoms with Gasteiger partial charge < -0.3 is 26.3 Å². The normalized spacial score (nSPS) is 18.7. The van der Waals surface area contributed by atoms with Crippen LogP contribution < -0.4 is 21.5 Å². The predicted molar refractivity (Wildman–Crippen MR) is 103 cm³/mol.